The summed E-state index contributed by atoms with van der Waals surface area (Å²) in [6.07, 6.45) is 0.314. The molecule has 0 N–H and O–H groups in total. The molecule has 1 atom stereocenters. The first-order valence-electron chi connectivity index (χ1n) is 4.90. The van der Waals surface area contributed by atoms with Gasteiger partial charge in [-0.25, -0.2) is 13.6 Å². The van der Waals surface area contributed by atoms with Gasteiger partial charge >= 0.3 is 5.97 Å². The van der Waals surface area contributed by atoms with Gasteiger partial charge in [-0.05, 0) is 6.07 Å². The van der Waals surface area contributed by atoms with E-state index in [9.17, 15) is 13.6 Å². The van der Waals surface area contributed by atoms with Crippen LogP contribution >= 0.6 is 22.6 Å². The molecule has 1 heterocycles. The van der Waals surface area contributed by atoms with Gasteiger partial charge in [-0.1, -0.05) is 22.6 Å². The highest BCUT2D eigenvalue weighted by molar-refractivity contribution is 14.1. The first-order chi connectivity index (χ1) is 8.08. The van der Waals surface area contributed by atoms with Gasteiger partial charge in [-0.2, -0.15) is 0 Å². The van der Waals surface area contributed by atoms with Gasteiger partial charge in [0.2, 0.25) is 0 Å². The van der Waals surface area contributed by atoms with E-state index in [0.717, 1.165) is 13.2 Å². The van der Waals surface area contributed by atoms with Crippen molar-refractivity contribution in [1.82, 2.24) is 0 Å². The van der Waals surface area contributed by atoms with Gasteiger partial charge in [0.1, 0.15) is 17.4 Å². The first-order valence-corrected chi connectivity index (χ1v) is 6.42. The maximum atomic E-state index is 13.6. The Morgan fingerprint density at radius 2 is 2.35 bits per heavy atom. The fourth-order valence-electron chi connectivity index (χ4n) is 1.77. The highest BCUT2D eigenvalue weighted by Gasteiger charge is 2.32. The molecular formula is C11H9F2IO3. The third-order valence-electron chi connectivity index (χ3n) is 2.54. The number of ether oxygens (including phenoxy) is 2. The van der Waals surface area contributed by atoms with Crippen molar-refractivity contribution in [3.63, 3.8) is 0 Å². The second kappa shape index (κ2) is 4.75. The van der Waals surface area contributed by atoms with Gasteiger partial charge in [0.05, 0.1) is 7.11 Å². The Morgan fingerprint density at radius 1 is 1.65 bits per heavy atom. The Kier molecular flexibility index (Phi) is 3.50. The number of benzene rings is 1. The molecule has 1 aliphatic heterocycles. The van der Waals surface area contributed by atoms with Crippen LogP contribution in [0, 0.1) is 11.6 Å². The van der Waals surface area contributed by atoms with Crippen LogP contribution in [0.5, 0.6) is 5.75 Å². The zero-order valence-corrected chi connectivity index (χ0v) is 11.1. The summed E-state index contributed by atoms with van der Waals surface area (Å²) in [5.41, 5.74) is 0.0563. The minimum atomic E-state index is -1.22. The van der Waals surface area contributed by atoms with Gasteiger partial charge in [-0.3, -0.25) is 0 Å². The van der Waals surface area contributed by atoms with E-state index in [-0.39, 0.29) is 11.9 Å². The number of fused-ring (bicyclic) bond motifs is 1. The van der Waals surface area contributed by atoms with E-state index in [4.69, 9.17) is 4.74 Å². The standard InChI is InChI=1S/C11H9F2IO3/c1-16-11(15)8-9(13)7(12)3-5-2-6(4-14)17-10(5)8/h3,6H,2,4H2,1H3. The fraction of sp³-hybridized carbons (Fsp3) is 0.364. The molecule has 0 aromatic heterocycles. The Bertz CT molecular complexity index is 476. The Hall–Kier alpha value is -0.920. The van der Waals surface area contributed by atoms with Crippen molar-refractivity contribution in [2.45, 2.75) is 12.5 Å². The molecular weight excluding hydrogens is 345 g/mol. The normalized spacial score (nSPS) is 17.5. The van der Waals surface area contributed by atoms with Crippen LogP contribution in [0.4, 0.5) is 8.78 Å². The Labute approximate surface area is 110 Å². The van der Waals surface area contributed by atoms with Gasteiger partial charge in [-0.15, -0.1) is 0 Å². The largest absolute Gasteiger partial charge is 0.488 e. The molecule has 0 saturated carbocycles. The van der Waals surface area contributed by atoms with Crippen molar-refractivity contribution >= 4 is 28.6 Å². The molecule has 92 valence electrons. The molecule has 0 saturated heterocycles. The van der Waals surface area contributed by atoms with E-state index in [1.807, 2.05) is 0 Å². The molecule has 17 heavy (non-hydrogen) atoms. The van der Waals surface area contributed by atoms with Crippen molar-refractivity contribution in [2.75, 3.05) is 11.5 Å². The predicted molar refractivity (Wildman–Crippen MR) is 64.7 cm³/mol. The molecule has 0 amide bonds. The van der Waals surface area contributed by atoms with E-state index in [1.165, 1.54) is 0 Å². The zero-order chi connectivity index (χ0) is 12.6. The van der Waals surface area contributed by atoms with Crippen LogP contribution in [0.15, 0.2) is 6.07 Å². The molecule has 0 radical (unpaired) electrons. The number of hydrogen-bond donors (Lipinski definition) is 0. The lowest BCUT2D eigenvalue weighted by atomic mass is 10.1. The molecule has 1 aromatic rings. The van der Waals surface area contributed by atoms with Crippen LogP contribution in [0.25, 0.3) is 0 Å². The summed E-state index contributed by atoms with van der Waals surface area (Å²) in [4.78, 5) is 11.4. The molecule has 0 aliphatic carbocycles. The summed E-state index contributed by atoms with van der Waals surface area (Å²) in [7, 11) is 1.11. The number of carbonyl (C=O) groups excluding carboxylic acids is 1. The summed E-state index contributed by atoms with van der Waals surface area (Å²) in [6, 6.07) is 1.07. The number of rotatable bonds is 2. The van der Waals surface area contributed by atoms with Gasteiger partial charge in [0, 0.05) is 16.4 Å². The lowest BCUT2D eigenvalue weighted by Gasteiger charge is -2.10. The molecule has 0 bridgehead atoms. The Balaban J connectivity index is 2.55. The van der Waals surface area contributed by atoms with Crippen LogP contribution < -0.4 is 4.74 Å². The number of hydrogen-bond acceptors (Lipinski definition) is 3. The van der Waals surface area contributed by atoms with E-state index >= 15 is 0 Å². The highest BCUT2D eigenvalue weighted by Crippen LogP contribution is 2.36. The van der Waals surface area contributed by atoms with Crippen molar-refractivity contribution in [2.24, 2.45) is 0 Å². The number of carbonyl (C=O) groups is 1. The average molecular weight is 354 g/mol. The van der Waals surface area contributed by atoms with Gasteiger partial charge in [0.25, 0.3) is 0 Å². The molecule has 6 heteroatoms. The molecule has 1 aromatic carbocycles. The summed E-state index contributed by atoms with van der Waals surface area (Å²) in [5.74, 6) is -3.09. The summed E-state index contributed by atoms with van der Waals surface area (Å²) >= 11 is 2.11. The van der Waals surface area contributed by atoms with Crippen LogP contribution in [0.2, 0.25) is 0 Å². The second-order valence-corrected chi connectivity index (χ2v) is 4.51. The topological polar surface area (TPSA) is 35.5 Å². The Morgan fingerprint density at radius 3 is 2.94 bits per heavy atom. The van der Waals surface area contributed by atoms with Crippen LogP contribution in [-0.4, -0.2) is 23.6 Å². The van der Waals surface area contributed by atoms with E-state index in [0.29, 0.717) is 16.4 Å². The number of esters is 1. The van der Waals surface area contributed by atoms with Crippen molar-refractivity contribution in [1.29, 1.82) is 0 Å². The van der Waals surface area contributed by atoms with E-state index in [1.54, 1.807) is 0 Å². The first kappa shape index (κ1) is 12.5. The molecule has 1 unspecified atom stereocenters. The number of alkyl halides is 1. The van der Waals surface area contributed by atoms with Gasteiger partial charge < -0.3 is 9.47 Å². The van der Waals surface area contributed by atoms with E-state index < -0.39 is 23.2 Å². The average Bonchev–Trinajstić information content (AvgIpc) is 2.72. The van der Waals surface area contributed by atoms with Crippen molar-refractivity contribution in [3.05, 3.63) is 28.8 Å². The maximum absolute atomic E-state index is 13.6. The summed E-state index contributed by atoms with van der Waals surface area (Å²) in [5, 5.41) is 0. The highest BCUT2D eigenvalue weighted by atomic mass is 127. The predicted octanol–water partition coefficient (Wildman–Crippen LogP) is 2.49. The summed E-state index contributed by atoms with van der Waals surface area (Å²) < 4.78 is 37.4. The van der Waals surface area contributed by atoms with E-state index in [2.05, 4.69) is 27.3 Å². The molecule has 0 spiro atoms. The monoisotopic (exact) mass is 354 g/mol. The minimum absolute atomic E-state index is 0.109. The fourth-order valence-corrected chi connectivity index (χ4v) is 2.26. The molecule has 0 fully saturated rings. The zero-order valence-electron chi connectivity index (χ0n) is 8.93. The SMILES string of the molecule is COC(=O)c1c(F)c(F)cc2c1OC(CI)C2. The van der Waals surface area contributed by atoms with Crippen molar-refractivity contribution < 1.29 is 23.0 Å². The summed E-state index contributed by atoms with van der Waals surface area (Å²) in [6.45, 7) is 0. The lowest BCUT2D eigenvalue weighted by molar-refractivity contribution is 0.0589. The molecule has 3 nitrogen and oxygen atoms in total. The van der Waals surface area contributed by atoms with Gasteiger partial charge in [0.15, 0.2) is 11.6 Å². The van der Waals surface area contributed by atoms with Crippen molar-refractivity contribution in [3.8, 4) is 5.75 Å². The van der Waals surface area contributed by atoms with Crippen LogP contribution in [0.1, 0.15) is 15.9 Å². The maximum Gasteiger partial charge on any atom is 0.344 e. The smallest absolute Gasteiger partial charge is 0.344 e. The number of methoxy groups -OCH3 is 1. The molecule has 2 rings (SSSR count). The lowest BCUT2D eigenvalue weighted by Crippen LogP contribution is -2.15. The third-order valence-corrected chi connectivity index (χ3v) is 3.52. The third kappa shape index (κ3) is 2.10. The van der Waals surface area contributed by atoms with Crippen LogP contribution in [-0.2, 0) is 11.2 Å². The quantitative estimate of drug-likeness (QED) is 0.465. The number of halogens is 3. The second-order valence-electron chi connectivity index (χ2n) is 3.63. The molecule has 1 aliphatic rings. The van der Waals surface area contributed by atoms with Crippen LogP contribution in [0.3, 0.4) is 0 Å². The minimum Gasteiger partial charge on any atom is -0.488 e.